The van der Waals surface area contributed by atoms with E-state index in [1.54, 1.807) is 0 Å². The number of hydrogen-bond donors (Lipinski definition) is 1. The normalized spacial score (nSPS) is 11.9. The van der Waals surface area contributed by atoms with E-state index in [1.807, 2.05) is 32.2 Å². The fourth-order valence-corrected chi connectivity index (χ4v) is 2.15. The third-order valence-corrected chi connectivity index (χ3v) is 3.10. The lowest BCUT2D eigenvalue weighted by atomic mass is 10.1. The van der Waals surface area contributed by atoms with Crippen LogP contribution in [0.2, 0.25) is 0 Å². The molecular formula is C12H16BrN3. The van der Waals surface area contributed by atoms with Gasteiger partial charge in [-0.2, -0.15) is 5.26 Å². The van der Waals surface area contributed by atoms with Crippen molar-refractivity contribution in [1.82, 2.24) is 0 Å². The molecule has 0 aromatic heterocycles. The molecule has 0 heterocycles. The first-order valence-electron chi connectivity index (χ1n) is 5.19. The summed E-state index contributed by atoms with van der Waals surface area (Å²) in [6, 6.07) is 8.26. The van der Waals surface area contributed by atoms with Gasteiger partial charge in [-0.3, -0.25) is 0 Å². The van der Waals surface area contributed by atoms with Gasteiger partial charge in [0.1, 0.15) is 0 Å². The summed E-state index contributed by atoms with van der Waals surface area (Å²) in [5.74, 6) is 0. The molecule has 0 spiro atoms. The molecule has 0 fully saturated rings. The molecule has 0 saturated carbocycles. The number of nitrogens with two attached hydrogens (primary N) is 1. The first-order valence-corrected chi connectivity index (χ1v) is 5.98. The Bertz CT molecular complexity index is 396. The van der Waals surface area contributed by atoms with Gasteiger partial charge in [-0.05, 0) is 40.5 Å². The average molecular weight is 282 g/mol. The van der Waals surface area contributed by atoms with Crippen LogP contribution in [0.3, 0.4) is 0 Å². The summed E-state index contributed by atoms with van der Waals surface area (Å²) in [6.07, 6.45) is 0.526. The van der Waals surface area contributed by atoms with Gasteiger partial charge >= 0.3 is 0 Å². The second-order valence-corrected chi connectivity index (χ2v) is 4.68. The van der Waals surface area contributed by atoms with Gasteiger partial charge in [0.2, 0.25) is 0 Å². The predicted molar refractivity (Wildman–Crippen MR) is 70.2 cm³/mol. The number of rotatable bonds is 4. The molecule has 1 rings (SSSR count). The minimum atomic E-state index is 0.0368. The summed E-state index contributed by atoms with van der Waals surface area (Å²) in [6.45, 7) is 2.69. The Morgan fingerprint density at radius 3 is 2.75 bits per heavy atom. The summed E-state index contributed by atoms with van der Waals surface area (Å²) >= 11 is 3.53. The van der Waals surface area contributed by atoms with E-state index in [-0.39, 0.29) is 6.04 Å². The molecule has 0 unspecified atom stereocenters. The highest BCUT2D eigenvalue weighted by Gasteiger charge is 2.07. The van der Waals surface area contributed by atoms with Crippen LogP contribution in [0, 0.1) is 11.3 Å². The maximum absolute atomic E-state index is 8.54. The van der Waals surface area contributed by atoms with Crippen molar-refractivity contribution < 1.29 is 0 Å². The lowest BCUT2D eigenvalue weighted by Crippen LogP contribution is -2.18. The van der Waals surface area contributed by atoms with Gasteiger partial charge in [-0.15, -0.1) is 0 Å². The zero-order valence-corrected chi connectivity index (χ0v) is 11.2. The van der Waals surface area contributed by atoms with E-state index in [4.69, 9.17) is 11.0 Å². The number of nitrogens with zero attached hydrogens (tertiary/aromatic N) is 2. The third kappa shape index (κ3) is 3.22. The van der Waals surface area contributed by atoms with E-state index in [2.05, 4.69) is 26.9 Å². The molecule has 0 aliphatic rings. The van der Waals surface area contributed by atoms with Gasteiger partial charge in [0.05, 0.1) is 18.2 Å². The van der Waals surface area contributed by atoms with Gasteiger partial charge in [0, 0.05) is 24.1 Å². The van der Waals surface area contributed by atoms with Gasteiger partial charge in [-0.25, -0.2) is 0 Å². The summed E-state index contributed by atoms with van der Waals surface area (Å²) in [5, 5.41) is 8.54. The SMILES string of the molecule is C[C@H](N)c1ccc(N(C)CCC#N)c(Br)c1. The van der Waals surface area contributed by atoms with Crippen molar-refractivity contribution in [2.24, 2.45) is 5.73 Å². The molecule has 0 amide bonds. The van der Waals surface area contributed by atoms with Crippen molar-refractivity contribution in [3.8, 4) is 6.07 Å². The predicted octanol–water partition coefficient (Wildman–Crippen LogP) is 2.82. The molecule has 1 aromatic rings. The van der Waals surface area contributed by atoms with Gasteiger partial charge in [0.25, 0.3) is 0 Å². The second kappa shape index (κ2) is 5.88. The van der Waals surface area contributed by atoms with Crippen molar-refractivity contribution in [3.05, 3.63) is 28.2 Å². The summed E-state index contributed by atoms with van der Waals surface area (Å²) in [7, 11) is 1.98. The Morgan fingerprint density at radius 2 is 2.25 bits per heavy atom. The van der Waals surface area contributed by atoms with Crippen LogP contribution in [-0.2, 0) is 0 Å². The van der Waals surface area contributed by atoms with Crippen molar-refractivity contribution in [2.75, 3.05) is 18.5 Å². The fourth-order valence-electron chi connectivity index (χ4n) is 1.45. The van der Waals surface area contributed by atoms with E-state index in [0.717, 1.165) is 22.3 Å². The summed E-state index contributed by atoms with van der Waals surface area (Å²) in [4.78, 5) is 2.05. The molecule has 1 aromatic carbocycles. The highest BCUT2D eigenvalue weighted by Crippen LogP contribution is 2.28. The quantitative estimate of drug-likeness (QED) is 0.923. The van der Waals surface area contributed by atoms with E-state index in [9.17, 15) is 0 Å². The first kappa shape index (κ1) is 13.0. The van der Waals surface area contributed by atoms with Crippen molar-refractivity contribution in [2.45, 2.75) is 19.4 Å². The lowest BCUT2D eigenvalue weighted by molar-refractivity contribution is 0.816. The molecule has 0 radical (unpaired) electrons. The van der Waals surface area contributed by atoms with Gasteiger partial charge < -0.3 is 10.6 Å². The maximum Gasteiger partial charge on any atom is 0.0640 e. The topological polar surface area (TPSA) is 53.0 Å². The molecule has 3 nitrogen and oxygen atoms in total. The minimum absolute atomic E-state index is 0.0368. The highest BCUT2D eigenvalue weighted by molar-refractivity contribution is 9.10. The van der Waals surface area contributed by atoms with Gasteiger partial charge in [-0.1, -0.05) is 6.07 Å². The number of nitriles is 1. The van der Waals surface area contributed by atoms with Crippen LogP contribution in [0.1, 0.15) is 24.9 Å². The van der Waals surface area contributed by atoms with Crippen LogP contribution in [-0.4, -0.2) is 13.6 Å². The number of anilines is 1. The van der Waals surface area contributed by atoms with Crippen molar-refractivity contribution in [1.29, 1.82) is 5.26 Å². The molecule has 0 bridgehead atoms. The molecular weight excluding hydrogens is 266 g/mol. The number of halogens is 1. The smallest absolute Gasteiger partial charge is 0.0640 e. The fraction of sp³-hybridized carbons (Fsp3) is 0.417. The Hall–Kier alpha value is -1.05. The Kier molecular flexibility index (Phi) is 4.78. The minimum Gasteiger partial charge on any atom is -0.373 e. The van der Waals surface area contributed by atoms with Crippen LogP contribution in [0.5, 0.6) is 0 Å². The Balaban J connectivity index is 2.86. The zero-order valence-electron chi connectivity index (χ0n) is 9.57. The Labute approximate surface area is 105 Å². The van der Waals surface area contributed by atoms with Crippen LogP contribution < -0.4 is 10.6 Å². The molecule has 0 aliphatic heterocycles. The van der Waals surface area contributed by atoms with Crippen LogP contribution >= 0.6 is 15.9 Å². The molecule has 86 valence electrons. The molecule has 0 saturated heterocycles. The van der Waals surface area contributed by atoms with Crippen molar-refractivity contribution >= 4 is 21.6 Å². The standard InChI is InChI=1S/C12H16BrN3/c1-9(15)10-4-5-12(11(13)8-10)16(2)7-3-6-14/h4-5,8-9H,3,7,15H2,1-2H3/t9-/m0/s1. The first-order chi connectivity index (χ1) is 7.56. The molecule has 2 N–H and O–H groups in total. The third-order valence-electron chi connectivity index (χ3n) is 2.47. The van der Waals surface area contributed by atoms with Crippen molar-refractivity contribution in [3.63, 3.8) is 0 Å². The van der Waals surface area contributed by atoms with E-state index in [0.29, 0.717) is 6.42 Å². The van der Waals surface area contributed by atoms with E-state index in [1.165, 1.54) is 0 Å². The summed E-state index contributed by atoms with van der Waals surface area (Å²) in [5.41, 5.74) is 8.00. The average Bonchev–Trinajstić information content (AvgIpc) is 2.25. The zero-order chi connectivity index (χ0) is 12.1. The van der Waals surface area contributed by atoms with Gasteiger partial charge in [0.15, 0.2) is 0 Å². The molecule has 1 atom stereocenters. The molecule has 0 aliphatic carbocycles. The van der Waals surface area contributed by atoms with E-state index >= 15 is 0 Å². The second-order valence-electron chi connectivity index (χ2n) is 3.83. The van der Waals surface area contributed by atoms with Crippen LogP contribution in [0.15, 0.2) is 22.7 Å². The Morgan fingerprint density at radius 1 is 1.56 bits per heavy atom. The summed E-state index contributed by atoms with van der Waals surface area (Å²) < 4.78 is 1.02. The van der Waals surface area contributed by atoms with Crippen LogP contribution in [0.4, 0.5) is 5.69 Å². The maximum atomic E-state index is 8.54. The van der Waals surface area contributed by atoms with Crippen LogP contribution in [0.25, 0.3) is 0 Å². The number of benzene rings is 1. The van der Waals surface area contributed by atoms with E-state index < -0.39 is 0 Å². The molecule has 4 heteroatoms. The molecule has 16 heavy (non-hydrogen) atoms. The number of hydrogen-bond acceptors (Lipinski definition) is 3. The highest BCUT2D eigenvalue weighted by atomic mass is 79.9. The largest absolute Gasteiger partial charge is 0.373 e. The monoisotopic (exact) mass is 281 g/mol. The lowest BCUT2D eigenvalue weighted by Gasteiger charge is -2.20.